The average Bonchev–Trinajstić information content (AvgIpc) is 2.69. The summed E-state index contributed by atoms with van der Waals surface area (Å²) in [5, 5.41) is 5.90. The van der Waals surface area contributed by atoms with E-state index >= 15 is 0 Å². The second-order valence-corrected chi connectivity index (χ2v) is 6.27. The van der Waals surface area contributed by atoms with Gasteiger partial charge in [0.15, 0.2) is 5.78 Å². The number of Topliss-reactive ketones (excluding diaryl/α,β-unsaturated/α-hetero) is 1. The van der Waals surface area contributed by atoms with E-state index in [0.717, 1.165) is 39.4 Å². The van der Waals surface area contributed by atoms with Crippen LogP contribution in [0.4, 0.5) is 11.6 Å². The van der Waals surface area contributed by atoms with Gasteiger partial charge >= 0.3 is 0 Å². The maximum Gasteiger partial charge on any atom is 0.258 e. The number of aromatic nitrogens is 2. The van der Waals surface area contributed by atoms with Gasteiger partial charge in [0.2, 0.25) is 5.95 Å². The second-order valence-electron chi connectivity index (χ2n) is 6.27. The number of ketones is 1. The maximum absolute atomic E-state index is 12.3. The molecule has 1 aliphatic heterocycles. The summed E-state index contributed by atoms with van der Waals surface area (Å²) in [6, 6.07) is 6.80. The topological polar surface area (TPSA) is 96.5 Å². The molecular weight excluding hydrogens is 346 g/mol. The normalized spacial score (nSPS) is 14.6. The number of benzene rings is 1. The fourth-order valence-corrected chi connectivity index (χ4v) is 2.71. The van der Waals surface area contributed by atoms with Crippen LogP contribution in [0.1, 0.15) is 27.6 Å². The van der Waals surface area contributed by atoms with E-state index in [4.69, 9.17) is 4.74 Å². The Labute approximate surface area is 158 Å². The van der Waals surface area contributed by atoms with Gasteiger partial charge in [0.1, 0.15) is 0 Å². The van der Waals surface area contributed by atoms with E-state index in [1.165, 1.54) is 19.3 Å². The summed E-state index contributed by atoms with van der Waals surface area (Å²) >= 11 is 0. The van der Waals surface area contributed by atoms with Crippen LogP contribution in [0.2, 0.25) is 0 Å². The first-order valence-corrected chi connectivity index (χ1v) is 8.90. The van der Waals surface area contributed by atoms with Gasteiger partial charge < -0.3 is 15.4 Å². The number of hydrogen-bond donors (Lipinski definition) is 2. The van der Waals surface area contributed by atoms with E-state index in [2.05, 4.69) is 25.5 Å². The van der Waals surface area contributed by atoms with Crippen LogP contribution in [0.5, 0.6) is 0 Å². The van der Waals surface area contributed by atoms with Gasteiger partial charge in [-0.2, -0.15) is 0 Å². The third-order valence-corrected chi connectivity index (χ3v) is 4.26. The summed E-state index contributed by atoms with van der Waals surface area (Å²) < 4.78 is 5.32. The Kier molecular flexibility index (Phi) is 6.45. The number of rotatable bonds is 7. The summed E-state index contributed by atoms with van der Waals surface area (Å²) in [7, 11) is 0. The van der Waals surface area contributed by atoms with Gasteiger partial charge in [-0.25, -0.2) is 9.97 Å². The van der Waals surface area contributed by atoms with Gasteiger partial charge in [0, 0.05) is 49.8 Å². The summed E-state index contributed by atoms with van der Waals surface area (Å²) in [4.78, 5) is 34.4. The van der Waals surface area contributed by atoms with E-state index in [9.17, 15) is 9.59 Å². The molecule has 0 atom stereocenters. The Bertz CT molecular complexity index is 788. The van der Waals surface area contributed by atoms with E-state index in [-0.39, 0.29) is 11.7 Å². The molecule has 0 bridgehead atoms. The lowest BCUT2D eigenvalue weighted by molar-refractivity contribution is 0.0398. The number of hydrogen-bond acceptors (Lipinski definition) is 7. The minimum absolute atomic E-state index is 0.0538. The van der Waals surface area contributed by atoms with Crippen LogP contribution in [-0.4, -0.2) is 66.0 Å². The zero-order valence-corrected chi connectivity index (χ0v) is 15.3. The van der Waals surface area contributed by atoms with Crippen LogP contribution in [0.15, 0.2) is 36.7 Å². The molecule has 3 rings (SSSR count). The minimum atomic E-state index is -0.324. The van der Waals surface area contributed by atoms with Crippen LogP contribution in [0.3, 0.4) is 0 Å². The van der Waals surface area contributed by atoms with Crippen molar-refractivity contribution in [3.63, 3.8) is 0 Å². The number of anilines is 2. The van der Waals surface area contributed by atoms with Crippen molar-refractivity contribution < 1.29 is 14.3 Å². The number of carbonyl (C=O) groups is 2. The molecule has 2 N–H and O–H groups in total. The van der Waals surface area contributed by atoms with Gasteiger partial charge in [-0.05, 0) is 19.1 Å². The van der Waals surface area contributed by atoms with Gasteiger partial charge in [-0.15, -0.1) is 0 Å². The molecule has 0 unspecified atom stereocenters. The van der Waals surface area contributed by atoms with Crippen LogP contribution < -0.4 is 10.6 Å². The lowest BCUT2D eigenvalue weighted by atomic mass is 10.1. The van der Waals surface area contributed by atoms with Crippen molar-refractivity contribution in [1.29, 1.82) is 0 Å². The molecule has 1 aliphatic rings. The molecule has 0 aliphatic carbocycles. The Morgan fingerprint density at radius 1 is 1.15 bits per heavy atom. The third-order valence-electron chi connectivity index (χ3n) is 4.26. The highest BCUT2D eigenvalue weighted by Gasteiger charge is 2.11. The average molecular weight is 369 g/mol. The van der Waals surface area contributed by atoms with Crippen LogP contribution in [0.25, 0.3) is 0 Å². The predicted octanol–water partition coefficient (Wildman–Crippen LogP) is 1.68. The molecule has 0 spiro atoms. The summed E-state index contributed by atoms with van der Waals surface area (Å²) in [6.45, 7) is 6.52. The minimum Gasteiger partial charge on any atom is -0.379 e. The van der Waals surface area contributed by atoms with Gasteiger partial charge in [-0.3, -0.25) is 14.5 Å². The predicted molar refractivity (Wildman–Crippen MR) is 102 cm³/mol. The standard InChI is InChI=1S/C19H23N5O3/c1-14(25)15-3-2-4-17(11-15)23-18(26)16-12-21-19(22-13-16)20-5-6-24-7-9-27-10-8-24/h2-4,11-13H,5-10H2,1H3,(H,23,26)(H,20,21,22). The van der Waals surface area contributed by atoms with Gasteiger partial charge in [-0.1, -0.05) is 12.1 Å². The second kappa shape index (κ2) is 9.20. The molecule has 1 fully saturated rings. The Balaban J connectivity index is 1.51. The number of amides is 1. The van der Waals surface area contributed by atoms with E-state index in [1.807, 2.05) is 0 Å². The SMILES string of the molecule is CC(=O)c1cccc(NC(=O)c2cnc(NCCN3CCOCC3)nc2)c1. The van der Waals surface area contributed by atoms with Crippen LogP contribution >= 0.6 is 0 Å². The fourth-order valence-electron chi connectivity index (χ4n) is 2.71. The number of nitrogens with one attached hydrogen (secondary N) is 2. The molecule has 2 aromatic rings. The quantitative estimate of drug-likeness (QED) is 0.717. The van der Waals surface area contributed by atoms with Gasteiger partial charge in [0.25, 0.3) is 5.91 Å². The summed E-state index contributed by atoms with van der Waals surface area (Å²) in [5.74, 6) is 0.107. The van der Waals surface area contributed by atoms with Crippen molar-refractivity contribution in [3.8, 4) is 0 Å². The van der Waals surface area contributed by atoms with Crippen molar-refractivity contribution in [1.82, 2.24) is 14.9 Å². The smallest absolute Gasteiger partial charge is 0.258 e. The molecule has 1 amide bonds. The zero-order valence-electron chi connectivity index (χ0n) is 15.3. The molecule has 2 heterocycles. The Hall–Kier alpha value is -2.84. The van der Waals surface area contributed by atoms with E-state index in [0.29, 0.717) is 22.8 Å². The maximum atomic E-state index is 12.3. The number of morpholine rings is 1. The summed E-state index contributed by atoms with van der Waals surface area (Å²) in [6.07, 6.45) is 2.96. The highest BCUT2D eigenvalue weighted by atomic mass is 16.5. The first kappa shape index (κ1) is 18.9. The zero-order chi connectivity index (χ0) is 19.1. The number of carbonyl (C=O) groups excluding carboxylic acids is 2. The largest absolute Gasteiger partial charge is 0.379 e. The first-order chi connectivity index (χ1) is 13.1. The van der Waals surface area contributed by atoms with Crippen molar-refractivity contribution >= 4 is 23.3 Å². The van der Waals surface area contributed by atoms with Crippen molar-refractivity contribution in [2.24, 2.45) is 0 Å². The highest BCUT2D eigenvalue weighted by Crippen LogP contribution is 2.13. The Morgan fingerprint density at radius 2 is 1.89 bits per heavy atom. The molecule has 1 aromatic carbocycles. The van der Waals surface area contributed by atoms with E-state index in [1.54, 1.807) is 24.3 Å². The molecule has 1 saturated heterocycles. The molecule has 142 valence electrons. The molecular formula is C19H23N5O3. The molecule has 8 nitrogen and oxygen atoms in total. The molecule has 8 heteroatoms. The first-order valence-electron chi connectivity index (χ1n) is 8.90. The van der Waals surface area contributed by atoms with Crippen LogP contribution in [0, 0.1) is 0 Å². The molecule has 0 saturated carbocycles. The highest BCUT2D eigenvalue weighted by molar-refractivity contribution is 6.04. The third kappa shape index (κ3) is 5.57. The lowest BCUT2D eigenvalue weighted by Crippen LogP contribution is -2.39. The molecule has 1 aromatic heterocycles. The monoisotopic (exact) mass is 369 g/mol. The summed E-state index contributed by atoms with van der Waals surface area (Å²) in [5.41, 5.74) is 1.45. The van der Waals surface area contributed by atoms with Crippen molar-refractivity contribution in [3.05, 3.63) is 47.8 Å². The number of nitrogens with zero attached hydrogens (tertiary/aromatic N) is 3. The van der Waals surface area contributed by atoms with E-state index < -0.39 is 0 Å². The van der Waals surface area contributed by atoms with Gasteiger partial charge in [0.05, 0.1) is 18.8 Å². The van der Waals surface area contributed by atoms with Crippen molar-refractivity contribution in [2.75, 3.05) is 50.0 Å². The van der Waals surface area contributed by atoms with Crippen molar-refractivity contribution in [2.45, 2.75) is 6.92 Å². The number of ether oxygens (including phenoxy) is 1. The fraction of sp³-hybridized carbons (Fsp3) is 0.368. The van der Waals surface area contributed by atoms with Crippen LogP contribution in [-0.2, 0) is 4.74 Å². The molecule has 0 radical (unpaired) electrons. The Morgan fingerprint density at radius 3 is 2.59 bits per heavy atom. The molecule has 27 heavy (non-hydrogen) atoms. The lowest BCUT2D eigenvalue weighted by Gasteiger charge is -2.26.